The number of likely N-dealkylation sites (tertiary alicyclic amines) is 1. The quantitative estimate of drug-likeness (QED) is 0.201. The normalized spacial score (nSPS) is 13.9. The number of hydrogen-bond acceptors (Lipinski definition) is 5. The number of aromatic nitrogens is 1. The first-order chi connectivity index (χ1) is 16.9. The zero-order valence-corrected chi connectivity index (χ0v) is 20.6. The van der Waals surface area contributed by atoms with Crippen molar-refractivity contribution < 1.29 is 13.9 Å². The van der Waals surface area contributed by atoms with Crippen molar-refractivity contribution in [3.8, 4) is 11.5 Å². The molecule has 2 heterocycles. The molecule has 1 aliphatic heterocycles. The van der Waals surface area contributed by atoms with E-state index in [2.05, 4.69) is 33.2 Å². The summed E-state index contributed by atoms with van der Waals surface area (Å²) in [4.78, 5) is 10.1. The van der Waals surface area contributed by atoms with Crippen LogP contribution in [-0.4, -0.2) is 36.2 Å². The van der Waals surface area contributed by atoms with Crippen molar-refractivity contribution in [3.63, 3.8) is 0 Å². The standard InChI is InChI=1S/C26H23Cl2FN4O2/c1-5-15(2)33-10-8-16(9-11-33)35-23-12-17-20(13-22(23)34-4)31-14-21(30-3)26(17)32-19-7-6-18(27)24(28)25(19)29/h5-7,12-14,16H,1-2,8-11H2,4H3,(H,31,32). The number of halogens is 3. The maximum absolute atomic E-state index is 14.8. The highest BCUT2D eigenvalue weighted by atomic mass is 35.5. The second-order valence-corrected chi connectivity index (χ2v) is 8.78. The van der Waals surface area contributed by atoms with Crippen LogP contribution in [0.2, 0.25) is 10.0 Å². The molecule has 6 nitrogen and oxygen atoms in total. The lowest BCUT2D eigenvalue weighted by molar-refractivity contribution is 0.116. The first-order valence-electron chi connectivity index (χ1n) is 10.9. The van der Waals surface area contributed by atoms with Gasteiger partial charge >= 0.3 is 0 Å². The van der Waals surface area contributed by atoms with Crippen molar-refractivity contribution in [2.75, 3.05) is 25.5 Å². The molecule has 0 saturated carbocycles. The Kier molecular flexibility index (Phi) is 7.34. The molecular weight excluding hydrogens is 490 g/mol. The molecule has 9 heteroatoms. The topological polar surface area (TPSA) is 51.0 Å². The summed E-state index contributed by atoms with van der Waals surface area (Å²) >= 11 is 11.9. The summed E-state index contributed by atoms with van der Waals surface area (Å²) in [6, 6.07) is 6.46. The highest BCUT2D eigenvalue weighted by Gasteiger charge is 2.23. The van der Waals surface area contributed by atoms with Gasteiger partial charge in [-0.1, -0.05) is 36.4 Å². The van der Waals surface area contributed by atoms with Gasteiger partial charge in [0.1, 0.15) is 6.10 Å². The molecule has 0 atom stereocenters. The van der Waals surface area contributed by atoms with Crippen LogP contribution in [0.1, 0.15) is 12.8 Å². The van der Waals surface area contributed by atoms with Gasteiger partial charge in [-0.05, 0) is 24.3 Å². The van der Waals surface area contributed by atoms with E-state index in [4.69, 9.17) is 39.2 Å². The predicted molar refractivity (Wildman–Crippen MR) is 139 cm³/mol. The summed E-state index contributed by atoms with van der Waals surface area (Å²) in [5.74, 6) is 0.325. The molecule has 0 amide bonds. The second-order valence-electron chi connectivity index (χ2n) is 8.00. The Hall–Kier alpha value is -3.47. The highest BCUT2D eigenvalue weighted by molar-refractivity contribution is 6.42. The molecule has 0 bridgehead atoms. The van der Waals surface area contributed by atoms with Gasteiger partial charge in [0, 0.05) is 49.3 Å². The molecular formula is C26H23Cl2FN4O2. The van der Waals surface area contributed by atoms with Gasteiger partial charge in [-0.25, -0.2) is 9.24 Å². The van der Waals surface area contributed by atoms with Crippen LogP contribution < -0.4 is 14.8 Å². The number of nitrogens with one attached hydrogen (secondary N) is 1. The molecule has 180 valence electrons. The van der Waals surface area contributed by atoms with Crippen LogP contribution in [-0.2, 0) is 0 Å². The van der Waals surface area contributed by atoms with E-state index >= 15 is 0 Å². The van der Waals surface area contributed by atoms with Crippen LogP contribution in [0.4, 0.5) is 21.5 Å². The van der Waals surface area contributed by atoms with Crippen molar-refractivity contribution in [2.45, 2.75) is 18.9 Å². The number of fused-ring (bicyclic) bond motifs is 1. The van der Waals surface area contributed by atoms with Crippen LogP contribution in [0.25, 0.3) is 15.7 Å². The van der Waals surface area contributed by atoms with Crippen LogP contribution in [0.15, 0.2) is 55.4 Å². The third kappa shape index (κ3) is 5.00. The molecule has 0 radical (unpaired) electrons. The van der Waals surface area contributed by atoms with Gasteiger partial charge in [0.2, 0.25) is 5.69 Å². The van der Waals surface area contributed by atoms with Crippen LogP contribution in [0.5, 0.6) is 11.5 Å². The van der Waals surface area contributed by atoms with E-state index in [-0.39, 0.29) is 27.5 Å². The zero-order valence-electron chi connectivity index (χ0n) is 19.1. The fraction of sp³-hybridized carbons (Fsp3) is 0.231. The lowest BCUT2D eigenvalue weighted by Crippen LogP contribution is -2.37. The summed E-state index contributed by atoms with van der Waals surface area (Å²) in [6.07, 6.45) is 4.74. The van der Waals surface area contributed by atoms with Crippen molar-refractivity contribution in [1.29, 1.82) is 0 Å². The van der Waals surface area contributed by atoms with Gasteiger partial charge in [0.15, 0.2) is 17.3 Å². The molecule has 0 spiro atoms. The third-order valence-electron chi connectivity index (χ3n) is 5.93. The molecule has 0 aliphatic carbocycles. The minimum atomic E-state index is -0.710. The van der Waals surface area contributed by atoms with Crippen LogP contribution >= 0.6 is 23.2 Å². The summed E-state index contributed by atoms with van der Waals surface area (Å²) < 4.78 is 26.7. The number of hydrogen-bond donors (Lipinski definition) is 1. The number of nitrogens with zero attached hydrogens (tertiary/aromatic N) is 3. The number of allylic oxidation sites excluding steroid dienone is 1. The Morgan fingerprint density at radius 2 is 2.03 bits per heavy atom. The third-order valence-corrected chi connectivity index (χ3v) is 6.71. The molecule has 4 rings (SSSR count). The van der Waals surface area contributed by atoms with E-state index in [0.717, 1.165) is 31.6 Å². The van der Waals surface area contributed by atoms with E-state index in [1.807, 2.05) is 0 Å². The van der Waals surface area contributed by atoms with E-state index < -0.39 is 5.82 Å². The Bertz CT molecular complexity index is 1350. The first-order valence-corrected chi connectivity index (χ1v) is 11.6. The SMILES string of the molecule is [C-]#[N+]c1cnc2cc(OC)c(OC3CCN(C(=C)C=C)CC3)cc2c1Nc1ccc(Cl)c(Cl)c1F. The van der Waals surface area contributed by atoms with E-state index in [1.165, 1.54) is 18.3 Å². The zero-order chi connectivity index (χ0) is 25.1. The number of piperidine rings is 1. The summed E-state index contributed by atoms with van der Waals surface area (Å²) in [5, 5.41) is 3.48. The molecule has 1 aliphatic rings. The Balaban J connectivity index is 1.71. The monoisotopic (exact) mass is 512 g/mol. The Labute approximate surface area is 213 Å². The molecule has 1 saturated heterocycles. The van der Waals surface area contributed by atoms with Crippen molar-refractivity contribution >= 4 is 51.2 Å². The molecule has 3 aromatic rings. The number of methoxy groups -OCH3 is 1. The molecule has 1 N–H and O–H groups in total. The van der Waals surface area contributed by atoms with Crippen LogP contribution in [0.3, 0.4) is 0 Å². The van der Waals surface area contributed by atoms with Gasteiger partial charge in [0.05, 0.1) is 40.6 Å². The largest absolute Gasteiger partial charge is 0.493 e. The van der Waals surface area contributed by atoms with Gasteiger partial charge in [-0.2, -0.15) is 0 Å². The summed E-state index contributed by atoms with van der Waals surface area (Å²) in [7, 11) is 1.56. The minimum Gasteiger partial charge on any atom is -0.493 e. The van der Waals surface area contributed by atoms with Crippen LogP contribution in [0, 0.1) is 12.4 Å². The number of rotatable bonds is 7. The van der Waals surface area contributed by atoms with E-state index in [9.17, 15) is 4.39 Å². The average Bonchev–Trinajstić information content (AvgIpc) is 2.88. The lowest BCUT2D eigenvalue weighted by atomic mass is 10.1. The van der Waals surface area contributed by atoms with E-state index in [1.54, 1.807) is 25.3 Å². The lowest BCUT2D eigenvalue weighted by Gasteiger charge is -2.34. The molecule has 2 aromatic carbocycles. The Morgan fingerprint density at radius 1 is 1.29 bits per heavy atom. The van der Waals surface area contributed by atoms with Crippen molar-refractivity contribution in [2.24, 2.45) is 0 Å². The predicted octanol–water partition coefficient (Wildman–Crippen LogP) is 7.53. The second kappa shape index (κ2) is 10.4. The number of ether oxygens (including phenoxy) is 2. The highest BCUT2D eigenvalue weighted by Crippen LogP contribution is 2.42. The fourth-order valence-electron chi connectivity index (χ4n) is 3.98. The number of pyridine rings is 1. The summed E-state index contributed by atoms with van der Waals surface area (Å²) in [5.41, 5.74) is 2.14. The number of benzene rings is 2. The molecule has 35 heavy (non-hydrogen) atoms. The summed E-state index contributed by atoms with van der Waals surface area (Å²) in [6.45, 7) is 17.0. The molecule has 1 aromatic heterocycles. The maximum Gasteiger partial charge on any atom is 0.228 e. The molecule has 1 fully saturated rings. The van der Waals surface area contributed by atoms with Gasteiger partial charge in [0.25, 0.3) is 0 Å². The van der Waals surface area contributed by atoms with Crippen molar-refractivity contribution in [1.82, 2.24) is 9.88 Å². The van der Waals surface area contributed by atoms with E-state index in [0.29, 0.717) is 28.1 Å². The van der Waals surface area contributed by atoms with Gasteiger partial charge in [-0.15, -0.1) is 0 Å². The number of anilines is 2. The minimum absolute atomic E-state index is 0.0313. The van der Waals surface area contributed by atoms with Crippen molar-refractivity contribution in [3.05, 3.63) is 82.7 Å². The first kappa shape index (κ1) is 24.6. The van der Waals surface area contributed by atoms with Gasteiger partial charge < -0.3 is 19.7 Å². The fourth-order valence-corrected chi connectivity index (χ4v) is 4.29. The van der Waals surface area contributed by atoms with Gasteiger partial charge in [-0.3, -0.25) is 4.98 Å². The average molecular weight is 513 g/mol. The molecule has 0 unspecified atom stereocenters. The Morgan fingerprint density at radius 3 is 2.69 bits per heavy atom. The maximum atomic E-state index is 14.8. The smallest absolute Gasteiger partial charge is 0.228 e.